The van der Waals surface area contributed by atoms with Crippen LogP contribution < -0.4 is 11.1 Å². The minimum absolute atomic E-state index is 0. The molecule has 0 amide bonds. The molecule has 3 N–H and O–H groups in total. The van der Waals surface area contributed by atoms with Crippen LogP contribution in [0.1, 0.15) is 30.9 Å². The summed E-state index contributed by atoms with van der Waals surface area (Å²) in [5, 5.41) is 3.07. The minimum Gasteiger partial charge on any atom is -0.370 e. The van der Waals surface area contributed by atoms with E-state index in [0.29, 0.717) is 12.5 Å². The third kappa shape index (κ3) is 7.33. The number of nitrogens with two attached hydrogens (primary N) is 1. The summed E-state index contributed by atoms with van der Waals surface area (Å²) in [7, 11) is 0. The number of unbranched alkanes of at least 4 members (excludes halogenated alkanes) is 1. The van der Waals surface area contributed by atoms with Crippen molar-refractivity contribution < 1.29 is 4.39 Å². The van der Waals surface area contributed by atoms with E-state index in [2.05, 4.69) is 17.2 Å². The zero-order valence-corrected chi connectivity index (χ0v) is 15.1. The highest BCUT2D eigenvalue weighted by Gasteiger charge is 2.03. The first-order chi connectivity index (χ1) is 9.17. The number of hydrogen-bond acceptors (Lipinski definition) is 2. The topological polar surface area (TPSA) is 50.4 Å². The van der Waals surface area contributed by atoms with Gasteiger partial charge in [-0.2, -0.15) is 11.8 Å². The summed E-state index contributed by atoms with van der Waals surface area (Å²) in [6.07, 6.45) is 4.19. The van der Waals surface area contributed by atoms with Crippen LogP contribution in [0, 0.1) is 5.82 Å². The van der Waals surface area contributed by atoms with Crippen molar-refractivity contribution in [3.8, 4) is 0 Å². The molecule has 3 nitrogen and oxygen atoms in total. The quantitative estimate of drug-likeness (QED) is 0.313. The highest BCUT2D eigenvalue weighted by atomic mass is 127. The molecule has 0 unspecified atom stereocenters. The average Bonchev–Trinajstić information content (AvgIpc) is 2.38. The van der Waals surface area contributed by atoms with E-state index in [1.54, 1.807) is 23.9 Å². The molecule has 0 aromatic heterocycles. The van der Waals surface area contributed by atoms with E-state index in [0.717, 1.165) is 36.3 Å². The van der Waals surface area contributed by atoms with Crippen molar-refractivity contribution in [1.82, 2.24) is 5.32 Å². The van der Waals surface area contributed by atoms with Gasteiger partial charge in [0.2, 0.25) is 0 Å². The van der Waals surface area contributed by atoms with Gasteiger partial charge in [-0.05, 0) is 35.9 Å². The van der Waals surface area contributed by atoms with Crippen molar-refractivity contribution in [1.29, 1.82) is 0 Å². The van der Waals surface area contributed by atoms with Gasteiger partial charge < -0.3 is 11.1 Å². The number of rotatable bonds is 7. The molecule has 0 saturated heterocycles. The molecule has 0 fully saturated rings. The lowest BCUT2D eigenvalue weighted by Crippen LogP contribution is -2.32. The molecule has 1 aromatic carbocycles. The molecular weight excluding hydrogens is 388 g/mol. The van der Waals surface area contributed by atoms with Gasteiger partial charge in [-0.25, -0.2) is 9.38 Å². The SMILES string of the molecule is CCCCNC(N)=NCc1ccc(F)cc1CSC.I. The van der Waals surface area contributed by atoms with Gasteiger partial charge in [0.1, 0.15) is 5.82 Å². The molecule has 0 atom stereocenters. The number of hydrogen-bond donors (Lipinski definition) is 2. The Balaban J connectivity index is 0.00000361. The molecular formula is C14H23FIN3S. The monoisotopic (exact) mass is 411 g/mol. The lowest BCUT2D eigenvalue weighted by atomic mass is 10.1. The van der Waals surface area contributed by atoms with Crippen LogP contribution in [0.2, 0.25) is 0 Å². The molecule has 0 aliphatic rings. The van der Waals surface area contributed by atoms with E-state index in [4.69, 9.17) is 5.73 Å². The molecule has 114 valence electrons. The molecule has 0 aliphatic heterocycles. The van der Waals surface area contributed by atoms with Crippen molar-refractivity contribution in [3.05, 3.63) is 35.1 Å². The lowest BCUT2D eigenvalue weighted by molar-refractivity contribution is 0.625. The third-order valence-electron chi connectivity index (χ3n) is 2.72. The maximum Gasteiger partial charge on any atom is 0.188 e. The number of benzene rings is 1. The van der Waals surface area contributed by atoms with Crippen molar-refractivity contribution in [2.45, 2.75) is 32.1 Å². The summed E-state index contributed by atoms with van der Waals surface area (Å²) >= 11 is 1.67. The van der Waals surface area contributed by atoms with Gasteiger partial charge in [-0.15, -0.1) is 24.0 Å². The Morgan fingerprint density at radius 1 is 1.40 bits per heavy atom. The summed E-state index contributed by atoms with van der Waals surface area (Å²) in [5.41, 5.74) is 7.78. The molecule has 0 heterocycles. The van der Waals surface area contributed by atoms with Crippen LogP contribution in [0.3, 0.4) is 0 Å². The standard InChI is InChI=1S/C14H22FN3S.HI/c1-3-4-7-17-14(16)18-9-11-5-6-13(15)8-12(11)10-19-2;/h5-6,8H,3-4,7,9-10H2,1-2H3,(H3,16,17,18);1H. The minimum atomic E-state index is -0.203. The van der Waals surface area contributed by atoms with E-state index < -0.39 is 0 Å². The van der Waals surface area contributed by atoms with E-state index in [1.807, 2.05) is 6.26 Å². The van der Waals surface area contributed by atoms with E-state index in [9.17, 15) is 4.39 Å². The predicted octanol–water partition coefficient (Wildman–Crippen LogP) is 3.51. The van der Waals surface area contributed by atoms with Gasteiger partial charge in [-0.1, -0.05) is 19.4 Å². The van der Waals surface area contributed by atoms with Crippen molar-refractivity contribution in [2.24, 2.45) is 10.7 Å². The van der Waals surface area contributed by atoms with Crippen molar-refractivity contribution in [2.75, 3.05) is 12.8 Å². The van der Waals surface area contributed by atoms with E-state index in [1.165, 1.54) is 6.07 Å². The smallest absolute Gasteiger partial charge is 0.188 e. The summed E-state index contributed by atoms with van der Waals surface area (Å²) in [5.74, 6) is 1.03. The fourth-order valence-electron chi connectivity index (χ4n) is 1.66. The summed E-state index contributed by atoms with van der Waals surface area (Å²) in [6, 6.07) is 4.82. The first kappa shape index (κ1) is 19.5. The Kier molecular flexibility index (Phi) is 10.9. The molecule has 1 aromatic rings. The van der Waals surface area contributed by atoms with E-state index in [-0.39, 0.29) is 29.8 Å². The number of nitrogens with zero attached hydrogens (tertiary/aromatic N) is 1. The maximum absolute atomic E-state index is 13.2. The van der Waals surface area contributed by atoms with Crippen LogP contribution in [-0.4, -0.2) is 18.8 Å². The van der Waals surface area contributed by atoms with Crippen LogP contribution in [-0.2, 0) is 12.3 Å². The fraction of sp³-hybridized carbons (Fsp3) is 0.500. The van der Waals surface area contributed by atoms with Crippen molar-refractivity contribution >= 4 is 41.7 Å². The first-order valence-electron chi connectivity index (χ1n) is 6.47. The summed E-state index contributed by atoms with van der Waals surface area (Å²) < 4.78 is 13.2. The Morgan fingerprint density at radius 3 is 2.80 bits per heavy atom. The predicted molar refractivity (Wildman–Crippen MR) is 97.3 cm³/mol. The molecule has 1 rings (SSSR count). The molecule has 0 bridgehead atoms. The molecule has 0 saturated carbocycles. The average molecular weight is 411 g/mol. The Morgan fingerprint density at radius 2 is 2.15 bits per heavy atom. The number of aliphatic imine (C=N–C) groups is 1. The largest absolute Gasteiger partial charge is 0.370 e. The van der Waals surface area contributed by atoms with Crippen LogP contribution in [0.25, 0.3) is 0 Å². The van der Waals surface area contributed by atoms with Crippen LogP contribution in [0.15, 0.2) is 23.2 Å². The zero-order chi connectivity index (χ0) is 14.1. The normalized spacial score (nSPS) is 11.1. The Bertz CT molecular complexity index is 427. The van der Waals surface area contributed by atoms with E-state index >= 15 is 0 Å². The third-order valence-corrected chi connectivity index (χ3v) is 3.32. The molecule has 0 aliphatic carbocycles. The number of thioether (sulfide) groups is 1. The van der Waals surface area contributed by atoms with Gasteiger partial charge in [0.15, 0.2) is 5.96 Å². The van der Waals surface area contributed by atoms with Crippen LogP contribution >= 0.6 is 35.7 Å². The highest BCUT2D eigenvalue weighted by molar-refractivity contribution is 14.0. The van der Waals surface area contributed by atoms with Gasteiger partial charge >= 0.3 is 0 Å². The van der Waals surface area contributed by atoms with Gasteiger partial charge in [0.25, 0.3) is 0 Å². The number of halogens is 2. The van der Waals surface area contributed by atoms with Crippen LogP contribution in [0.5, 0.6) is 0 Å². The Hall–Kier alpha value is -0.500. The Labute approximate surface area is 142 Å². The second-order valence-electron chi connectivity index (χ2n) is 4.33. The van der Waals surface area contributed by atoms with Gasteiger partial charge in [0.05, 0.1) is 6.54 Å². The number of guanidine groups is 1. The van der Waals surface area contributed by atoms with Crippen molar-refractivity contribution in [3.63, 3.8) is 0 Å². The summed E-state index contributed by atoms with van der Waals surface area (Å²) in [6.45, 7) is 3.45. The maximum atomic E-state index is 13.2. The molecule has 20 heavy (non-hydrogen) atoms. The van der Waals surface area contributed by atoms with Gasteiger partial charge in [-0.3, -0.25) is 0 Å². The molecule has 0 radical (unpaired) electrons. The summed E-state index contributed by atoms with van der Waals surface area (Å²) in [4.78, 5) is 4.29. The lowest BCUT2D eigenvalue weighted by Gasteiger charge is -2.08. The van der Waals surface area contributed by atoms with Gasteiger partial charge in [0, 0.05) is 12.3 Å². The first-order valence-corrected chi connectivity index (χ1v) is 7.86. The zero-order valence-electron chi connectivity index (χ0n) is 12.0. The second-order valence-corrected chi connectivity index (χ2v) is 5.19. The second kappa shape index (κ2) is 11.2. The van der Waals surface area contributed by atoms with Crippen LogP contribution in [0.4, 0.5) is 4.39 Å². The fourth-order valence-corrected chi connectivity index (χ4v) is 2.24. The molecule has 6 heteroatoms. The molecule has 0 spiro atoms. The number of nitrogens with one attached hydrogen (secondary N) is 1. The highest BCUT2D eigenvalue weighted by Crippen LogP contribution is 2.17.